The third-order valence-electron chi connectivity index (χ3n) is 5.78. The number of ether oxygens (including phenoxy) is 2. The molecule has 0 amide bonds. The standard InChI is InChI=1S/C25H28ClN3O5/c1-4-27-25(24(30)31)12-11-19(14-25)33-18-8-5-16(6-9-18)23-28-22(29-34-23)17-7-10-21(20(26)13-17)32-15(2)3/h5-10,13,15,19,27H,4,11-12,14H2,1-3H3,(H,30,31). The van der Waals surface area contributed by atoms with Gasteiger partial charge in [0.1, 0.15) is 23.1 Å². The van der Waals surface area contributed by atoms with Gasteiger partial charge >= 0.3 is 5.97 Å². The zero-order valence-electron chi connectivity index (χ0n) is 19.4. The van der Waals surface area contributed by atoms with Gasteiger partial charge < -0.3 is 24.4 Å². The number of nitrogens with zero attached hydrogens (tertiary/aromatic N) is 2. The van der Waals surface area contributed by atoms with Gasteiger partial charge in [-0.3, -0.25) is 4.79 Å². The van der Waals surface area contributed by atoms with Crippen LogP contribution in [0.5, 0.6) is 11.5 Å². The summed E-state index contributed by atoms with van der Waals surface area (Å²) in [4.78, 5) is 16.2. The Morgan fingerprint density at radius 3 is 2.65 bits per heavy atom. The van der Waals surface area contributed by atoms with Crippen molar-refractivity contribution in [1.82, 2.24) is 15.5 Å². The second-order valence-corrected chi connectivity index (χ2v) is 9.07. The van der Waals surface area contributed by atoms with E-state index in [1.165, 1.54) is 0 Å². The van der Waals surface area contributed by atoms with Crippen LogP contribution in [-0.2, 0) is 4.79 Å². The monoisotopic (exact) mass is 485 g/mol. The highest BCUT2D eigenvalue weighted by molar-refractivity contribution is 6.32. The van der Waals surface area contributed by atoms with Crippen LogP contribution in [0.15, 0.2) is 47.0 Å². The van der Waals surface area contributed by atoms with E-state index >= 15 is 0 Å². The number of carboxylic acids is 1. The summed E-state index contributed by atoms with van der Waals surface area (Å²) in [5.74, 6) is 1.24. The van der Waals surface area contributed by atoms with Gasteiger partial charge in [0.2, 0.25) is 5.82 Å². The zero-order valence-corrected chi connectivity index (χ0v) is 20.1. The SMILES string of the molecule is CCNC1(C(=O)O)CCC(Oc2ccc(-c3nc(-c4ccc(OC(C)C)c(Cl)c4)no3)cc2)C1. The number of carbonyl (C=O) groups is 1. The molecule has 1 aromatic heterocycles. The summed E-state index contributed by atoms with van der Waals surface area (Å²) in [5, 5.41) is 17.3. The first-order valence-corrected chi connectivity index (χ1v) is 11.7. The summed E-state index contributed by atoms with van der Waals surface area (Å²) in [6.07, 6.45) is 1.50. The molecule has 2 unspecified atom stereocenters. The van der Waals surface area contributed by atoms with Gasteiger partial charge in [0.05, 0.1) is 11.1 Å². The van der Waals surface area contributed by atoms with E-state index in [0.29, 0.717) is 54.0 Å². The average Bonchev–Trinajstić information content (AvgIpc) is 3.44. The van der Waals surface area contributed by atoms with Crippen molar-refractivity contribution >= 4 is 17.6 Å². The molecule has 2 aromatic carbocycles. The normalized spacial score (nSPS) is 20.0. The molecule has 8 nitrogen and oxygen atoms in total. The average molecular weight is 486 g/mol. The lowest BCUT2D eigenvalue weighted by Gasteiger charge is -2.25. The van der Waals surface area contributed by atoms with E-state index in [0.717, 1.165) is 11.1 Å². The molecule has 2 N–H and O–H groups in total. The van der Waals surface area contributed by atoms with Crippen LogP contribution in [0.25, 0.3) is 22.8 Å². The molecule has 0 spiro atoms. The number of nitrogens with one attached hydrogen (secondary N) is 1. The van der Waals surface area contributed by atoms with Crippen molar-refractivity contribution in [2.75, 3.05) is 6.54 Å². The van der Waals surface area contributed by atoms with Gasteiger partial charge in [-0.15, -0.1) is 0 Å². The molecule has 2 atom stereocenters. The van der Waals surface area contributed by atoms with Crippen LogP contribution >= 0.6 is 11.6 Å². The molecule has 1 aliphatic rings. The predicted octanol–water partition coefficient (Wildman–Crippen LogP) is 5.21. The van der Waals surface area contributed by atoms with Gasteiger partial charge in [0, 0.05) is 17.5 Å². The Labute approximate surface area is 203 Å². The minimum Gasteiger partial charge on any atom is -0.490 e. The van der Waals surface area contributed by atoms with E-state index in [4.69, 9.17) is 25.6 Å². The molecule has 1 heterocycles. The maximum atomic E-state index is 11.7. The zero-order chi connectivity index (χ0) is 24.3. The Morgan fingerprint density at radius 1 is 1.26 bits per heavy atom. The van der Waals surface area contributed by atoms with Crippen molar-refractivity contribution in [3.8, 4) is 34.3 Å². The number of aromatic nitrogens is 2. The van der Waals surface area contributed by atoms with Gasteiger partial charge in [-0.1, -0.05) is 23.7 Å². The molecule has 1 fully saturated rings. The number of hydrogen-bond acceptors (Lipinski definition) is 7. The van der Waals surface area contributed by atoms with Crippen molar-refractivity contribution in [2.24, 2.45) is 0 Å². The Hall–Kier alpha value is -3.10. The second-order valence-electron chi connectivity index (χ2n) is 8.66. The topological polar surface area (TPSA) is 107 Å². The molecule has 3 aromatic rings. The Balaban J connectivity index is 1.42. The molecule has 1 saturated carbocycles. The van der Waals surface area contributed by atoms with Crippen LogP contribution in [-0.4, -0.2) is 45.5 Å². The van der Waals surface area contributed by atoms with Crippen LogP contribution in [0.1, 0.15) is 40.0 Å². The summed E-state index contributed by atoms with van der Waals surface area (Å²) >= 11 is 6.33. The van der Waals surface area contributed by atoms with Gasteiger partial charge in [-0.2, -0.15) is 4.98 Å². The lowest BCUT2D eigenvalue weighted by molar-refractivity contribution is -0.144. The van der Waals surface area contributed by atoms with E-state index in [9.17, 15) is 9.90 Å². The summed E-state index contributed by atoms with van der Waals surface area (Å²) < 4.78 is 17.2. The molecule has 34 heavy (non-hydrogen) atoms. The number of carboxylic acid groups (broad SMARTS) is 1. The van der Waals surface area contributed by atoms with Crippen molar-refractivity contribution in [3.05, 3.63) is 47.5 Å². The molecule has 0 saturated heterocycles. The van der Waals surface area contributed by atoms with E-state index in [1.54, 1.807) is 12.1 Å². The Kier molecular flexibility index (Phi) is 7.09. The molecule has 180 valence electrons. The number of hydrogen-bond donors (Lipinski definition) is 2. The third kappa shape index (κ3) is 5.18. The van der Waals surface area contributed by atoms with Crippen LogP contribution in [0.2, 0.25) is 5.02 Å². The minimum absolute atomic E-state index is 0.0217. The highest BCUT2D eigenvalue weighted by Gasteiger charge is 2.45. The van der Waals surface area contributed by atoms with Crippen LogP contribution in [0.4, 0.5) is 0 Å². The quantitative estimate of drug-likeness (QED) is 0.425. The highest BCUT2D eigenvalue weighted by Crippen LogP contribution is 2.34. The molecule has 0 bridgehead atoms. The molecule has 0 aliphatic heterocycles. The summed E-state index contributed by atoms with van der Waals surface area (Å²) in [6.45, 7) is 6.38. The molecule has 1 aliphatic carbocycles. The van der Waals surface area contributed by atoms with Crippen molar-refractivity contribution in [2.45, 2.75) is 57.8 Å². The summed E-state index contributed by atoms with van der Waals surface area (Å²) in [5.41, 5.74) is 0.553. The summed E-state index contributed by atoms with van der Waals surface area (Å²) in [6, 6.07) is 12.7. The molecule has 0 radical (unpaired) electrons. The fourth-order valence-electron chi connectivity index (χ4n) is 4.19. The smallest absolute Gasteiger partial charge is 0.324 e. The molecule has 4 rings (SSSR count). The van der Waals surface area contributed by atoms with Crippen LogP contribution in [0.3, 0.4) is 0 Å². The third-order valence-corrected chi connectivity index (χ3v) is 6.07. The first-order valence-electron chi connectivity index (χ1n) is 11.4. The van der Waals surface area contributed by atoms with Gasteiger partial charge in [0.15, 0.2) is 0 Å². The maximum absolute atomic E-state index is 11.7. The highest BCUT2D eigenvalue weighted by atomic mass is 35.5. The second kappa shape index (κ2) is 10.0. The molecular weight excluding hydrogens is 458 g/mol. The lowest BCUT2D eigenvalue weighted by Crippen LogP contribution is -2.50. The largest absolute Gasteiger partial charge is 0.490 e. The summed E-state index contributed by atoms with van der Waals surface area (Å²) in [7, 11) is 0. The van der Waals surface area contributed by atoms with E-state index in [1.807, 2.05) is 51.1 Å². The fourth-order valence-corrected chi connectivity index (χ4v) is 4.41. The van der Waals surface area contributed by atoms with Gasteiger partial charge in [-0.25, -0.2) is 0 Å². The molecule has 9 heteroatoms. The van der Waals surface area contributed by atoms with E-state index in [-0.39, 0.29) is 12.2 Å². The number of rotatable bonds is 9. The van der Waals surface area contributed by atoms with Gasteiger partial charge in [-0.05, 0) is 75.7 Å². The number of halogens is 1. The van der Waals surface area contributed by atoms with Crippen LogP contribution < -0.4 is 14.8 Å². The first kappa shape index (κ1) is 24.0. The Bertz CT molecular complexity index is 1150. The number of aliphatic carboxylic acids is 1. The Morgan fingerprint density at radius 2 is 2.00 bits per heavy atom. The first-order chi connectivity index (χ1) is 16.3. The van der Waals surface area contributed by atoms with Crippen molar-refractivity contribution < 1.29 is 23.9 Å². The lowest BCUT2D eigenvalue weighted by atomic mass is 9.98. The van der Waals surface area contributed by atoms with Crippen molar-refractivity contribution in [1.29, 1.82) is 0 Å². The maximum Gasteiger partial charge on any atom is 0.324 e. The fraction of sp³-hybridized carbons (Fsp3) is 0.400. The molecular formula is C25H28ClN3O5. The van der Waals surface area contributed by atoms with Gasteiger partial charge in [0.25, 0.3) is 5.89 Å². The number of benzene rings is 2. The van der Waals surface area contributed by atoms with E-state index in [2.05, 4.69) is 15.5 Å². The van der Waals surface area contributed by atoms with E-state index < -0.39 is 11.5 Å². The minimum atomic E-state index is -0.915. The predicted molar refractivity (Wildman–Crippen MR) is 128 cm³/mol. The van der Waals surface area contributed by atoms with Crippen molar-refractivity contribution in [3.63, 3.8) is 0 Å². The number of likely N-dealkylation sites (N-methyl/N-ethyl adjacent to an activating group) is 1. The van der Waals surface area contributed by atoms with Crippen LogP contribution in [0, 0.1) is 0 Å².